The van der Waals surface area contributed by atoms with Crippen LogP contribution < -0.4 is 14.8 Å². The smallest absolute Gasteiger partial charge is 0.244 e. The molecule has 1 aliphatic carbocycles. The number of nitrogens with zero attached hydrogens (tertiary/aromatic N) is 1. The van der Waals surface area contributed by atoms with Gasteiger partial charge < -0.3 is 14.4 Å². The quantitative estimate of drug-likeness (QED) is 0.858. The van der Waals surface area contributed by atoms with Crippen LogP contribution in [-0.4, -0.2) is 36.6 Å². The number of rotatable bonds is 5. The fraction of sp³-hybridized carbons (Fsp3) is 0.632. The summed E-state index contributed by atoms with van der Waals surface area (Å²) in [6, 6.07) is 3.81. The Hall–Kier alpha value is -1.46. The number of nitrogens with one attached hydrogen (secondary N) is 1. The Balaban J connectivity index is 1.98. The molecule has 138 valence electrons. The van der Waals surface area contributed by atoms with E-state index in [0.717, 1.165) is 31.2 Å². The normalized spacial score (nSPS) is 22.5. The zero-order chi connectivity index (χ0) is 18.0. The fourth-order valence-corrected chi connectivity index (χ4v) is 4.40. The van der Waals surface area contributed by atoms with Crippen LogP contribution in [0.25, 0.3) is 0 Å². The third-order valence-electron chi connectivity index (χ3n) is 5.29. The van der Waals surface area contributed by atoms with Gasteiger partial charge >= 0.3 is 0 Å². The lowest BCUT2D eigenvalue weighted by atomic mass is 9.81. The average molecular weight is 367 g/mol. The first-order valence-electron chi connectivity index (χ1n) is 9.15. The standard InChI is InChI=1S/C19H27ClN2O3/c1-4-22-17(21-19(18(22)23)9-7-6-8-10-19)13-11-14(20)16(24-3)15(12-13)25-5-2/h11-12,17,21H,4-10H2,1-3H3. The van der Waals surface area contributed by atoms with Crippen LogP contribution in [0.5, 0.6) is 11.5 Å². The van der Waals surface area contributed by atoms with Crippen LogP contribution in [0.4, 0.5) is 0 Å². The van der Waals surface area contributed by atoms with Gasteiger partial charge in [-0.15, -0.1) is 0 Å². The van der Waals surface area contributed by atoms with Crippen LogP contribution >= 0.6 is 11.6 Å². The summed E-state index contributed by atoms with van der Waals surface area (Å²) >= 11 is 6.42. The number of methoxy groups -OCH3 is 1. The number of carbonyl (C=O) groups is 1. The second-order valence-electron chi connectivity index (χ2n) is 6.75. The molecule has 3 rings (SSSR count). The van der Waals surface area contributed by atoms with Gasteiger partial charge in [0.15, 0.2) is 11.5 Å². The van der Waals surface area contributed by atoms with Crippen LogP contribution in [-0.2, 0) is 4.79 Å². The van der Waals surface area contributed by atoms with Crippen molar-refractivity contribution in [2.75, 3.05) is 20.3 Å². The van der Waals surface area contributed by atoms with Gasteiger partial charge in [-0.05, 0) is 44.4 Å². The summed E-state index contributed by atoms with van der Waals surface area (Å²) in [4.78, 5) is 15.0. The Kier molecular flexibility index (Phi) is 5.44. The highest BCUT2D eigenvalue weighted by molar-refractivity contribution is 6.32. The Bertz CT molecular complexity index is 644. The SMILES string of the molecule is CCOc1cc(C2NC3(CCCCC3)C(=O)N2CC)cc(Cl)c1OC. The minimum Gasteiger partial charge on any atom is -0.491 e. The van der Waals surface area contributed by atoms with Crippen LogP contribution in [0.15, 0.2) is 12.1 Å². The first-order valence-corrected chi connectivity index (χ1v) is 9.53. The van der Waals surface area contributed by atoms with Crippen LogP contribution in [0.3, 0.4) is 0 Å². The maximum Gasteiger partial charge on any atom is 0.244 e. The summed E-state index contributed by atoms with van der Waals surface area (Å²) in [5.41, 5.74) is 0.517. The first kappa shape index (κ1) is 18.3. The van der Waals surface area contributed by atoms with Gasteiger partial charge in [0.2, 0.25) is 5.91 Å². The number of hydrogen-bond acceptors (Lipinski definition) is 4. The molecule has 1 spiro atoms. The number of likely N-dealkylation sites (N-methyl/N-ethyl adjacent to an activating group) is 1. The highest BCUT2D eigenvalue weighted by Gasteiger charge is 2.51. The first-order chi connectivity index (χ1) is 12.1. The molecule has 1 aliphatic heterocycles. The van der Waals surface area contributed by atoms with Crippen molar-refractivity contribution in [3.05, 3.63) is 22.7 Å². The average Bonchev–Trinajstić information content (AvgIpc) is 2.87. The van der Waals surface area contributed by atoms with Gasteiger partial charge in [-0.2, -0.15) is 0 Å². The number of halogens is 1. The predicted octanol–water partition coefficient (Wildman–Crippen LogP) is 3.90. The molecule has 0 radical (unpaired) electrons. The lowest BCUT2D eigenvalue weighted by Crippen LogP contribution is -2.48. The summed E-state index contributed by atoms with van der Waals surface area (Å²) in [5.74, 6) is 1.36. The molecule has 1 aromatic carbocycles. The molecule has 5 nitrogen and oxygen atoms in total. The van der Waals surface area contributed by atoms with Crippen LogP contribution in [0.1, 0.15) is 57.7 Å². The minimum absolute atomic E-state index is 0.182. The fourth-order valence-electron chi connectivity index (χ4n) is 4.10. The maximum atomic E-state index is 13.1. The molecule has 2 fully saturated rings. The summed E-state index contributed by atoms with van der Waals surface area (Å²) in [6.07, 6.45) is 5.02. The second kappa shape index (κ2) is 7.42. The van der Waals surface area contributed by atoms with Gasteiger partial charge in [-0.3, -0.25) is 10.1 Å². The molecule has 0 aromatic heterocycles. The van der Waals surface area contributed by atoms with Crippen molar-refractivity contribution in [3.63, 3.8) is 0 Å². The minimum atomic E-state index is -0.420. The molecule has 1 heterocycles. The van der Waals surface area contributed by atoms with E-state index in [1.807, 2.05) is 30.9 Å². The topological polar surface area (TPSA) is 50.8 Å². The van der Waals surface area contributed by atoms with Crippen LogP contribution in [0, 0.1) is 0 Å². The van der Waals surface area contributed by atoms with Crippen molar-refractivity contribution in [2.45, 2.75) is 57.7 Å². The van der Waals surface area contributed by atoms with Crippen molar-refractivity contribution < 1.29 is 14.3 Å². The molecule has 1 saturated carbocycles. The zero-order valence-corrected chi connectivity index (χ0v) is 16.0. The number of ether oxygens (including phenoxy) is 2. The molecule has 25 heavy (non-hydrogen) atoms. The van der Waals surface area contributed by atoms with Gasteiger partial charge in [0.1, 0.15) is 6.17 Å². The van der Waals surface area contributed by atoms with E-state index in [9.17, 15) is 4.79 Å². The van der Waals surface area contributed by atoms with Crippen molar-refractivity contribution in [2.24, 2.45) is 0 Å². The van der Waals surface area contributed by atoms with Crippen LogP contribution in [0.2, 0.25) is 5.02 Å². The Morgan fingerprint density at radius 1 is 1.28 bits per heavy atom. The molecule has 1 unspecified atom stereocenters. The number of carbonyl (C=O) groups excluding carboxylic acids is 1. The van der Waals surface area contributed by atoms with Gasteiger partial charge in [0.25, 0.3) is 0 Å². The van der Waals surface area contributed by atoms with E-state index >= 15 is 0 Å². The number of hydrogen-bond donors (Lipinski definition) is 1. The van der Waals surface area contributed by atoms with E-state index in [1.54, 1.807) is 7.11 Å². The van der Waals surface area contributed by atoms with E-state index in [-0.39, 0.29) is 12.1 Å². The molecule has 1 aromatic rings. The molecule has 2 aliphatic rings. The van der Waals surface area contributed by atoms with Crippen molar-refractivity contribution in [1.29, 1.82) is 0 Å². The monoisotopic (exact) mass is 366 g/mol. The molecule has 1 amide bonds. The number of benzene rings is 1. The van der Waals surface area contributed by atoms with Crippen molar-refractivity contribution in [3.8, 4) is 11.5 Å². The van der Waals surface area contributed by atoms with Gasteiger partial charge in [0, 0.05) is 6.54 Å². The van der Waals surface area contributed by atoms with Crippen molar-refractivity contribution >= 4 is 17.5 Å². The van der Waals surface area contributed by atoms with E-state index in [4.69, 9.17) is 21.1 Å². The Morgan fingerprint density at radius 2 is 2.00 bits per heavy atom. The van der Waals surface area contributed by atoms with Gasteiger partial charge in [0.05, 0.1) is 24.3 Å². The molecule has 1 atom stereocenters. The third-order valence-corrected chi connectivity index (χ3v) is 5.58. The third kappa shape index (κ3) is 3.20. The molecule has 1 saturated heterocycles. The van der Waals surface area contributed by atoms with Gasteiger partial charge in [-0.1, -0.05) is 30.9 Å². The summed E-state index contributed by atoms with van der Waals surface area (Å²) in [5, 5.41) is 4.13. The second-order valence-corrected chi connectivity index (χ2v) is 7.16. The highest BCUT2D eigenvalue weighted by atomic mass is 35.5. The molecule has 1 N–H and O–H groups in total. The zero-order valence-electron chi connectivity index (χ0n) is 15.2. The van der Waals surface area contributed by atoms with Gasteiger partial charge in [-0.25, -0.2) is 0 Å². The summed E-state index contributed by atoms with van der Waals surface area (Å²) in [7, 11) is 1.58. The molecule has 0 bridgehead atoms. The largest absolute Gasteiger partial charge is 0.491 e. The lowest BCUT2D eigenvalue weighted by Gasteiger charge is -2.31. The van der Waals surface area contributed by atoms with Crippen molar-refractivity contribution in [1.82, 2.24) is 10.2 Å². The molecular formula is C19H27ClN2O3. The summed E-state index contributed by atoms with van der Waals surface area (Å²) < 4.78 is 11.1. The van der Waals surface area contributed by atoms with E-state index in [1.165, 1.54) is 6.42 Å². The lowest BCUT2D eigenvalue weighted by molar-refractivity contribution is -0.134. The van der Waals surface area contributed by atoms with E-state index in [0.29, 0.717) is 29.7 Å². The van der Waals surface area contributed by atoms with E-state index < -0.39 is 5.54 Å². The Morgan fingerprint density at radius 3 is 2.60 bits per heavy atom. The molecular weight excluding hydrogens is 340 g/mol. The maximum absolute atomic E-state index is 13.1. The Labute approximate surface area is 154 Å². The predicted molar refractivity (Wildman–Crippen MR) is 98.3 cm³/mol. The number of amides is 1. The summed E-state index contributed by atoms with van der Waals surface area (Å²) in [6.45, 7) is 5.12. The highest BCUT2D eigenvalue weighted by Crippen LogP contribution is 2.43. The van der Waals surface area contributed by atoms with E-state index in [2.05, 4.69) is 5.32 Å². The molecule has 6 heteroatoms.